The van der Waals surface area contributed by atoms with Crippen LogP contribution in [-0.2, 0) is 23.9 Å². The number of anilines is 1. The van der Waals surface area contributed by atoms with Gasteiger partial charge in [0.1, 0.15) is 24.0 Å². The molecule has 0 radical (unpaired) electrons. The average molecular weight is 445 g/mol. The minimum absolute atomic E-state index is 0.137. The summed E-state index contributed by atoms with van der Waals surface area (Å²) in [5, 5.41) is 3.06. The van der Waals surface area contributed by atoms with Crippen molar-refractivity contribution in [2.75, 3.05) is 11.9 Å². The summed E-state index contributed by atoms with van der Waals surface area (Å²) in [5.74, 6) is -0.911. The molecule has 4 rings (SSSR count). The van der Waals surface area contributed by atoms with Crippen LogP contribution in [0.1, 0.15) is 23.7 Å². The van der Waals surface area contributed by atoms with Crippen LogP contribution in [0.5, 0.6) is 0 Å². The van der Waals surface area contributed by atoms with Gasteiger partial charge >= 0.3 is 6.18 Å². The van der Waals surface area contributed by atoms with Crippen LogP contribution in [0.4, 0.5) is 23.4 Å². The fourth-order valence-corrected chi connectivity index (χ4v) is 3.69. The highest BCUT2D eigenvalue weighted by Gasteiger charge is 2.34. The van der Waals surface area contributed by atoms with Crippen molar-refractivity contribution >= 4 is 11.7 Å². The quantitative estimate of drug-likeness (QED) is 0.613. The zero-order valence-electron chi connectivity index (χ0n) is 17.0. The number of benzene rings is 1. The number of amides is 1. The van der Waals surface area contributed by atoms with Gasteiger partial charge < -0.3 is 10.2 Å². The highest BCUT2D eigenvalue weighted by molar-refractivity contribution is 5.84. The maximum Gasteiger partial charge on any atom is 0.419 e. The molecule has 0 aliphatic carbocycles. The number of nitrogens with zero attached hydrogens (tertiary/aromatic N) is 4. The van der Waals surface area contributed by atoms with Crippen molar-refractivity contribution < 1.29 is 22.4 Å². The van der Waals surface area contributed by atoms with Crippen molar-refractivity contribution in [3.8, 4) is 11.3 Å². The second kappa shape index (κ2) is 8.52. The first-order valence-corrected chi connectivity index (χ1v) is 9.90. The fraction of sp³-hybridized carbons (Fsp3) is 0.273. The molecule has 0 saturated carbocycles. The van der Waals surface area contributed by atoms with E-state index in [9.17, 15) is 22.4 Å². The smallest absolute Gasteiger partial charge is 0.359 e. The van der Waals surface area contributed by atoms with Crippen molar-refractivity contribution in [2.24, 2.45) is 0 Å². The van der Waals surface area contributed by atoms with E-state index in [4.69, 9.17) is 0 Å². The van der Waals surface area contributed by atoms with Gasteiger partial charge in [0.2, 0.25) is 5.91 Å². The Morgan fingerprint density at radius 2 is 1.97 bits per heavy atom. The zero-order chi connectivity index (χ0) is 22.9. The van der Waals surface area contributed by atoms with Crippen molar-refractivity contribution in [1.82, 2.24) is 19.9 Å². The summed E-state index contributed by atoms with van der Waals surface area (Å²) in [7, 11) is 0. The maximum absolute atomic E-state index is 14.1. The Kier molecular flexibility index (Phi) is 5.77. The number of hydrogen-bond acceptors (Lipinski definition) is 5. The number of hydrogen-bond donors (Lipinski definition) is 1. The number of halogens is 4. The van der Waals surface area contributed by atoms with Crippen LogP contribution in [0.3, 0.4) is 0 Å². The largest absolute Gasteiger partial charge is 0.419 e. The summed E-state index contributed by atoms with van der Waals surface area (Å²) in [5.41, 5.74) is 0.560. The van der Waals surface area contributed by atoms with Crippen molar-refractivity contribution in [3.05, 3.63) is 71.6 Å². The van der Waals surface area contributed by atoms with Crippen LogP contribution in [-0.4, -0.2) is 38.3 Å². The van der Waals surface area contributed by atoms with E-state index in [-0.39, 0.29) is 18.0 Å². The Morgan fingerprint density at radius 3 is 2.66 bits per heavy atom. The van der Waals surface area contributed by atoms with E-state index >= 15 is 0 Å². The summed E-state index contributed by atoms with van der Waals surface area (Å²) in [6, 6.07) is 7.58. The molecule has 6 nitrogen and oxygen atoms in total. The molecule has 2 aromatic heterocycles. The molecule has 166 valence electrons. The van der Waals surface area contributed by atoms with E-state index in [1.54, 1.807) is 30.2 Å². The SMILES string of the molecule is C[C@@H](Nc1ccccn1)C(=O)N1CCc2c(ncnc2-c2ccc(C(F)(F)F)c(F)c2)C1. The lowest BCUT2D eigenvalue weighted by atomic mass is 9.97. The molecule has 1 aliphatic rings. The molecule has 1 aliphatic heterocycles. The van der Waals surface area contributed by atoms with Gasteiger partial charge in [0.05, 0.1) is 23.5 Å². The lowest BCUT2D eigenvalue weighted by Crippen LogP contribution is -2.44. The number of pyridine rings is 1. The molecule has 10 heteroatoms. The second-order valence-corrected chi connectivity index (χ2v) is 7.43. The molecule has 3 aromatic rings. The van der Waals surface area contributed by atoms with Gasteiger partial charge in [-0.15, -0.1) is 0 Å². The first kappa shape index (κ1) is 21.7. The first-order valence-electron chi connectivity index (χ1n) is 9.90. The molecular weight excluding hydrogens is 426 g/mol. The molecule has 32 heavy (non-hydrogen) atoms. The minimum atomic E-state index is -4.77. The van der Waals surface area contributed by atoms with E-state index in [1.165, 1.54) is 12.4 Å². The molecular formula is C22H19F4N5O. The van der Waals surface area contributed by atoms with E-state index in [2.05, 4.69) is 20.3 Å². The predicted molar refractivity (Wildman–Crippen MR) is 109 cm³/mol. The number of carbonyl (C=O) groups is 1. The number of aromatic nitrogens is 3. The van der Waals surface area contributed by atoms with Gasteiger partial charge in [-0.1, -0.05) is 12.1 Å². The molecule has 1 atom stereocenters. The molecule has 1 N–H and O–H groups in total. The second-order valence-electron chi connectivity index (χ2n) is 7.43. The highest BCUT2D eigenvalue weighted by atomic mass is 19.4. The van der Waals surface area contributed by atoms with Crippen molar-refractivity contribution in [3.63, 3.8) is 0 Å². The van der Waals surface area contributed by atoms with Crippen LogP contribution in [0.25, 0.3) is 11.3 Å². The third-order valence-electron chi connectivity index (χ3n) is 5.27. The normalized spacial score (nSPS) is 14.6. The Hall–Kier alpha value is -3.56. The summed E-state index contributed by atoms with van der Waals surface area (Å²) in [6.07, 6.45) is -1.47. The number of alkyl halides is 3. The Balaban J connectivity index is 1.54. The van der Waals surface area contributed by atoms with Crippen LogP contribution >= 0.6 is 0 Å². The molecule has 3 heterocycles. The fourth-order valence-electron chi connectivity index (χ4n) is 3.69. The summed E-state index contributed by atoms with van der Waals surface area (Å²) >= 11 is 0. The van der Waals surface area contributed by atoms with E-state index in [0.717, 1.165) is 6.07 Å². The molecule has 0 unspecified atom stereocenters. The number of nitrogens with one attached hydrogen (secondary N) is 1. The molecule has 0 fully saturated rings. The lowest BCUT2D eigenvalue weighted by molar-refractivity contribution is -0.140. The average Bonchev–Trinajstić information content (AvgIpc) is 2.77. The van der Waals surface area contributed by atoms with Gasteiger partial charge in [-0.2, -0.15) is 13.2 Å². The summed E-state index contributed by atoms with van der Waals surface area (Å²) in [4.78, 5) is 27.1. The van der Waals surface area contributed by atoms with Gasteiger partial charge in [0, 0.05) is 23.9 Å². The number of rotatable bonds is 4. The van der Waals surface area contributed by atoms with Crippen LogP contribution in [0.2, 0.25) is 0 Å². The molecule has 0 bridgehead atoms. The van der Waals surface area contributed by atoms with Gasteiger partial charge in [-0.3, -0.25) is 4.79 Å². The van der Waals surface area contributed by atoms with Crippen LogP contribution in [0.15, 0.2) is 48.9 Å². The van der Waals surface area contributed by atoms with Gasteiger partial charge in [0.25, 0.3) is 0 Å². The monoisotopic (exact) mass is 445 g/mol. The van der Waals surface area contributed by atoms with Gasteiger partial charge in [-0.05, 0) is 37.6 Å². The lowest BCUT2D eigenvalue weighted by Gasteiger charge is -2.31. The Bertz CT molecular complexity index is 1140. The van der Waals surface area contributed by atoms with E-state index < -0.39 is 23.6 Å². The highest BCUT2D eigenvalue weighted by Crippen LogP contribution is 2.34. The number of fused-ring (bicyclic) bond motifs is 1. The molecule has 0 saturated heterocycles. The Labute approximate surface area is 181 Å². The molecule has 1 amide bonds. The standard InChI is InChI=1S/C22H19F4N5O/c1-13(30-19-4-2-3-8-27-19)21(32)31-9-7-15-18(11-31)28-12-29-20(15)14-5-6-16(17(23)10-14)22(24,25)26/h2-6,8,10,12-13H,7,9,11H2,1H3,(H,27,30)/t13-/m1/s1. The van der Waals surface area contributed by atoms with Crippen molar-refractivity contribution in [2.45, 2.75) is 32.1 Å². The van der Waals surface area contributed by atoms with E-state index in [0.29, 0.717) is 41.8 Å². The van der Waals surface area contributed by atoms with Crippen LogP contribution < -0.4 is 5.32 Å². The third-order valence-corrected chi connectivity index (χ3v) is 5.27. The number of carbonyl (C=O) groups excluding carboxylic acids is 1. The van der Waals surface area contributed by atoms with E-state index in [1.807, 2.05) is 6.07 Å². The third kappa shape index (κ3) is 4.39. The topological polar surface area (TPSA) is 71.0 Å². The van der Waals surface area contributed by atoms with Crippen molar-refractivity contribution in [1.29, 1.82) is 0 Å². The minimum Gasteiger partial charge on any atom is -0.359 e. The van der Waals surface area contributed by atoms with Gasteiger partial charge in [0.15, 0.2) is 0 Å². The molecule has 1 aromatic carbocycles. The maximum atomic E-state index is 14.1. The zero-order valence-corrected chi connectivity index (χ0v) is 17.0. The van der Waals surface area contributed by atoms with Gasteiger partial charge in [-0.25, -0.2) is 19.3 Å². The Morgan fingerprint density at radius 1 is 1.16 bits per heavy atom. The molecule has 0 spiro atoms. The predicted octanol–water partition coefficient (Wildman–Crippen LogP) is 4.08. The van der Waals surface area contributed by atoms with Crippen LogP contribution in [0, 0.1) is 5.82 Å². The first-order chi connectivity index (χ1) is 15.2. The summed E-state index contributed by atoms with van der Waals surface area (Å²) < 4.78 is 52.7. The summed E-state index contributed by atoms with van der Waals surface area (Å²) in [6.45, 7) is 2.34.